The SMILES string of the molecule is CCCNS(=O)(=O)NC1(CO)CC1. The Morgan fingerprint density at radius 2 is 2.08 bits per heavy atom. The van der Waals surface area contributed by atoms with E-state index in [0.29, 0.717) is 6.54 Å². The largest absolute Gasteiger partial charge is 0.394 e. The summed E-state index contributed by atoms with van der Waals surface area (Å²) >= 11 is 0. The summed E-state index contributed by atoms with van der Waals surface area (Å²) in [4.78, 5) is 0. The molecule has 0 atom stereocenters. The Morgan fingerprint density at radius 3 is 2.46 bits per heavy atom. The van der Waals surface area contributed by atoms with Gasteiger partial charge in [0.1, 0.15) is 0 Å². The molecule has 0 bridgehead atoms. The van der Waals surface area contributed by atoms with Gasteiger partial charge in [-0.3, -0.25) is 0 Å². The first-order chi connectivity index (χ1) is 6.04. The molecule has 0 aliphatic heterocycles. The molecule has 3 N–H and O–H groups in total. The highest BCUT2D eigenvalue weighted by Crippen LogP contribution is 2.34. The van der Waals surface area contributed by atoms with E-state index in [2.05, 4.69) is 9.44 Å². The first kappa shape index (κ1) is 10.9. The highest BCUT2D eigenvalue weighted by Gasteiger charge is 2.45. The minimum Gasteiger partial charge on any atom is -0.394 e. The molecule has 1 rings (SSSR count). The average Bonchev–Trinajstić information content (AvgIpc) is 2.81. The predicted octanol–water partition coefficient (Wildman–Crippen LogP) is -0.655. The second-order valence-corrected chi connectivity index (χ2v) is 4.94. The van der Waals surface area contributed by atoms with Gasteiger partial charge in [0.2, 0.25) is 0 Å². The monoisotopic (exact) mass is 208 g/mol. The second kappa shape index (κ2) is 3.91. The second-order valence-electron chi connectivity index (χ2n) is 3.44. The van der Waals surface area contributed by atoms with Gasteiger partial charge in [-0.1, -0.05) is 6.92 Å². The minimum atomic E-state index is -3.41. The molecule has 0 unspecified atom stereocenters. The fourth-order valence-corrected chi connectivity index (χ4v) is 2.38. The molecule has 13 heavy (non-hydrogen) atoms. The van der Waals surface area contributed by atoms with E-state index in [-0.39, 0.29) is 6.61 Å². The number of hydrogen-bond donors (Lipinski definition) is 3. The van der Waals surface area contributed by atoms with Crippen LogP contribution in [0.15, 0.2) is 0 Å². The maximum atomic E-state index is 11.3. The Labute approximate surface area is 78.7 Å². The number of nitrogens with one attached hydrogen (secondary N) is 2. The normalized spacial score (nSPS) is 20.2. The van der Waals surface area contributed by atoms with Crippen molar-refractivity contribution in [3.63, 3.8) is 0 Å². The molecule has 0 spiro atoms. The van der Waals surface area contributed by atoms with Crippen LogP contribution >= 0.6 is 0 Å². The molecule has 0 amide bonds. The van der Waals surface area contributed by atoms with Crippen molar-refractivity contribution in [2.24, 2.45) is 0 Å². The molecule has 0 heterocycles. The number of rotatable bonds is 6. The topological polar surface area (TPSA) is 78.4 Å². The lowest BCUT2D eigenvalue weighted by molar-refractivity contribution is 0.246. The molecule has 1 aliphatic carbocycles. The van der Waals surface area contributed by atoms with Gasteiger partial charge in [0, 0.05) is 6.54 Å². The van der Waals surface area contributed by atoms with E-state index < -0.39 is 15.7 Å². The molecule has 0 radical (unpaired) electrons. The van der Waals surface area contributed by atoms with E-state index in [0.717, 1.165) is 19.3 Å². The maximum Gasteiger partial charge on any atom is 0.277 e. The van der Waals surface area contributed by atoms with Crippen LogP contribution in [0.25, 0.3) is 0 Å². The molecule has 5 nitrogen and oxygen atoms in total. The molecular weight excluding hydrogens is 192 g/mol. The average molecular weight is 208 g/mol. The number of hydrogen-bond acceptors (Lipinski definition) is 3. The summed E-state index contributed by atoms with van der Waals surface area (Å²) in [5.41, 5.74) is -0.570. The van der Waals surface area contributed by atoms with Crippen molar-refractivity contribution >= 4 is 10.2 Å². The van der Waals surface area contributed by atoms with Crippen LogP contribution in [0.2, 0.25) is 0 Å². The van der Waals surface area contributed by atoms with Crippen molar-refractivity contribution in [2.75, 3.05) is 13.2 Å². The predicted molar refractivity (Wildman–Crippen MR) is 49.4 cm³/mol. The van der Waals surface area contributed by atoms with Gasteiger partial charge in [0.15, 0.2) is 0 Å². The van der Waals surface area contributed by atoms with Gasteiger partial charge in [-0.25, -0.2) is 4.72 Å². The van der Waals surface area contributed by atoms with Gasteiger partial charge in [0.05, 0.1) is 12.1 Å². The zero-order valence-electron chi connectivity index (χ0n) is 7.71. The van der Waals surface area contributed by atoms with E-state index in [9.17, 15) is 8.42 Å². The Bertz CT molecular complexity index is 259. The van der Waals surface area contributed by atoms with Gasteiger partial charge in [-0.15, -0.1) is 0 Å². The van der Waals surface area contributed by atoms with Crippen molar-refractivity contribution in [2.45, 2.75) is 31.7 Å². The molecule has 0 saturated heterocycles. The molecule has 0 aromatic carbocycles. The van der Waals surface area contributed by atoms with Crippen molar-refractivity contribution in [3.8, 4) is 0 Å². The molecule has 0 aromatic rings. The summed E-state index contributed by atoms with van der Waals surface area (Å²) < 4.78 is 27.4. The van der Waals surface area contributed by atoms with Crippen LogP contribution in [0.5, 0.6) is 0 Å². The summed E-state index contributed by atoms with van der Waals surface area (Å²) in [5.74, 6) is 0. The summed E-state index contributed by atoms with van der Waals surface area (Å²) in [6, 6.07) is 0. The van der Waals surface area contributed by atoms with Crippen molar-refractivity contribution in [1.82, 2.24) is 9.44 Å². The molecule has 1 saturated carbocycles. The first-order valence-electron chi connectivity index (χ1n) is 4.43. The van der Waals surface area contributed by atoms with Crippen LogP contribution in [0, 0.1) is 0 Å². The lowest BCUT2D eigenvalue weighted by atomic mass is 10.3. The summed E-state index contributed by atoms with van der Waals surface area (Å²) in [6.45, 7) is 2.19. The quantitative estimate of drug-likeness (QED) is 0.542. The Hall–Kier alpha value is -0.170. The van der Waals surface area contributed by atoms with Gasteiger partial charge in [-0.05, 0) is 19.3 Å². The molecule has 78 valence electrons. The van der Waals surface area contributed by atoms with Crippen molar-refractivity contribution in [1.29, 1.82) is 0 Å². The van der Waals surface area contributed by atoms with E-state index in [4.69, 9.17) is 5.11 Å². The zero-order valence-corrected chi connectivity index (χ0v) is 8.52. The highest BCUT2D eigenvalue weighted by molar-refractivity contribution is 7.87. The Balaban J connectivity index is 2.43. The third kappa shape index (κ3) is 3.22. The molecule has 0 aromatic heterocycles. The van der Waals surface area contributed by atoms with Crippen molar-refractivity contribution in [3.05, 3.63) is 0 Å². The summed E-state index contributed by atoms with van der Waals surface area (Å²) in [6.07, 6.45) is 2.19. The lowest BCUT2D eigenvalue weighted by Gasteiger charge is -2.14. The number of aliphatic hydroxyl groups excluding tert-OH is 1. The van der Waals surface area contributed by atoms with Crippen LogP contribution in [0.3, 0.4) is 0 Å². The van der Waals surface area contributed by atoms with Crippen LogP contribution in [0.4, 0.5) is 0 Å². The third-order valence-corrected chi connectivity index (χ3v) is 3.34. The summed E-state index contributed by atoms with van der Waals surface area (Å²) in [5, 5.41) is 8.89. The number of aliphatic hydroxyl groups is 1. The molecule has 1 aliphatic rings. The first-order valence-corrected chi connectivity index (χ1v) is 5.91. The van der Waals surface area contributed by atoms with Crippen LogP contribution in [-0.4, -0.2) is 32.2 Å². The van der Waals surface area contributed by atoms with E-state index in [1.54, 1.807) is 0 Å². The van der Waals surface area contributed by atoms with Gasteiger partial charge < -0.3 is 5.11 Å². The lowest BCUT2D eigenvalue weighted by Crippen LogP contribution is -2.46. The van der Waals surface area contributed by atoms with Crippen LogP contribution in [-0.2, 0) is 10.2 Å². The minimum absolute atomic E-state index is 0.125. The van der Waals surface area contributed by atoms with Gasteiger partial charge >= 0.3 is 0 Å². The molecular formula is C7H16N2O3S. The maximum absolute atomic E-state index is 11.3. The van der Waals surface area contributed by atoms with Gasteiger partial charge in [-0.2, -0.15) is 13.1 Å². The van der Waals surface area contributed by atoms with E-state index >= 15 is 0 Å². The van der Waals surface area contributed by atoms with Crippen LogP contribution in [0.1, 0.15) is 26.2 Å². The van der Waals surface area contributed by atoms with Gasteiger partial charge in [0.25, 0.3) is 10.2 Å². The van der Waals surface area contributed by atoms with Crippen LogP contribution < -0.4 is 9.44 Å². The van der Waals surface area contributed by atoms with E-state index in [1.165, 1.54) is 0 Å². The smallest absolute Gasteiger partial charge is 0.277 e. The summed E-state index contributed by atoms with van der Waals surface area (Å²) in [7, 11) is -3.41. The fourth-order valence-electron chi connectivity index (χ4n) is 1.00. The molecule has 1 fully saturated rings. The fraction of sp³-hybridized carbons (Fsp3) is 1.00. The Kier molecular flexibility index (Phi) is 3.28. The standard InChI is InChI=1S/C7H16N2O3S/c1-2-5-8-13(11,12)9-7(6-10)3-4-7/h8-10H,2-6H2,1H3. The Morgan fingerprint density at radius 1 is 1.46 bits per heavy atom. The molecule has 6 heteroatoms. The zero-order chi connectivity index (χ0) is 9.95. The van der Waals surface area contributed by atoms with Crippen molar-refractivity contribution < 1.29 is 13.5 Å². The highest BCUT2D eigenvalue weighted by atomic mass is 32.2. The third-order valence-electron chi connectivity index (χ3n) is 2.05. The van der Waals surface area contributed by atoms with E-state index in [1.807, 2.05) is 6.92 Å².